The van der Waals surface area contributed by atoms with Crippen molar-refractivity contribution in [3.05, 3.63) is 47.0 Å². The number of pyridine rings is 1. The minimum absolute atomic E-state index is 0.285. The molecule has 0 radical (unpaired) electrons. The monoisotopic (exact) mass is 404 g/mol. The van der Waals surface area contributed by atoms with Crippen molar-refractivity contribution in [1.82, 2.24) is 9.88 Å². The number of carbonyl (C=O) groups is 2. The van der Waals surface area contributed by atoms with Crippen molar-refractivity contribution in [2.24, 2.45) is 0 Å². The summed E-state index contributed by atoms with van der Waals surface area (Å²) in [5.74, 6) is -0.748. The summed E-state index contributed by atoms with van der Waals surface area (Å²) in [5.41, 5.74) is 1.69. The second kappa shape index (κ2) is 8.20. The Morgan fingerprint density at radius 3 is 2.92 bits per heavy atom. The fourth-order valence-corrected chi connectivity index (χ4v) is 4.53. The molecular formula is C18H16N2O3S3. The van der Waals surface area contributed by atoms with Crippen LogP contribution < -0.4 is 0 Å². The van der Waals surface area contributed by atoms with Gasteiger partial charge in [-0.3, -0.25) is 14.7 Å². The second-order valence-corrected chi connectivity index (χ2v) is 8.27. The Balaban J connectivity index is 1.95. The lowest BCUT2D eigenvalue weighted by Crippen LogP contribution is -2.44. The van der Waals surface area contributed by atoms with Gasteiger partial charge in [-0.05, 0) is 42.2 Å². The lowest BCUT2D eigenvalue weighted by Gasteiger charge is -2.22. The van der Waals surface area contributed by atoms with Crippen LogP contribution in [-0.4, -0.2) is 49.2 Å². The molecule has 3 rings (SSSR count). The molecule has 5 nitrogen and oxygen atoms in total. The van der Waals surface area contributed by atoms with Gasteiger partial charge < -0.3 is 5.11 Å². The molecular weight excluding hydrogens is 388 g/mol. The van der Waals surface area contributed by atoms with E-state index in [4.69, 9.17) is 12.2 Å². The summed E-state index contributed by atoms with van der Waals surface area (Å²) in [4.78, 5) is 30.4. The van der Waals surface area contributed by atoms with Gasteiger partial charge in [0, 0.05) is 11.6 Å². The fourth-order valence-electron chi connectivity index (χ4n) is 2.73. The molecule has 1 atom stereocenters. The molecule has 1 amide bonds. The molecule has 2 aromatic rings. The van der Waals surface area contributed by atoms with Crippen molar-refractivity contribution < 1.29 is 14.7 Å². The van der Waals surface area contributed by atoms with E-state index >= 15 is 0 Å². The van der Waals surface area contributed by atoms with E-state index in [1.54, 1.807) is 24.0 Å². The van der Waals surface area contributed by atoms with Gasteiger partial charge in [-0.15, -0.1) is 0 Å². The van der Waals surface area contributed by atoms with Gasteiger partial charge in [0.05, 0.1) is 10.4 Å². The van der Waals surface area contributed by atoms with E-state index in [1.807, 2.05) is 36.6 Å². The molecule has 134 valence electrons. The van der Waals surface area contributed by atoms with Crippen molar-refractivity contribution in [2.45, 2.75) is 12.5 Å². The summed E-state index contributed by atoms with van der Waals surface area (Å²) in [6.45, 7) is 0. The van der Waals surface area contributed by atoms with Crippen molar-refractivity contribution in [2.75, 3.05) is 12.0 Å². The van der Waals surface area contributed by atoms with Crippen LogP contribution in [0.5, 0.6) is 0 Å². The van der Waals surface area contributed by atoms with E-state index in [9.17, 15) is 14.7 Å². The van der Waals surface area contributed by atoms with Crippen molar-refractivity contribution in [3.63, 3.8) is 0 Å². The molecule has 1 aliphatic rings. The Morgan fingerprint density at radius 2 is 2.19 bits per heavy atom. The molecule has 1 saturated heterocycles. The van der Waals surface area contributed by atoms with E-state index in [0.717, 1.165) is 28.2 Å². The predicted molar refractivity (Wildman–Crippen MR) is 111 cm³/mol. The maximum Gasteiger partial charge on any atom is 0.326 e. The first-order valence-electron chi connectivity index (χ1n) is 7.85. The first-order valence-corrected chi connectivity index (χ1v) is 10.5. The highest BCUT2D eigenvalue weighted by atomic mass is 32.2. The molecule has 1 aromatic heterocycles. The minimum Gasteiger partial charge on any atom is -0.480 e. The van der Waals surface area contributed by atoms with E-state index in [0.29, 0.717) is 17.1 Å². The van der Waals surface area contributed by atoms with Gasteiger partial charge >= 0.3 is 5.97 Å². The number of aliphatic carboxylic acids is 1. The lowest BCUT2D eigenvalue weighted by molar-refractivity contribution is -0.145. The summed E-state index contributed by atoms with van der Waals surface area (Å²) in [6, 6.07) is 8.55. The third kappa shape index (κ3) is 3.77. The van der Waals surface area contributed by atoms with Crippen LogP contribution in [-0.2, 0) is 9.59 Å². The van der Waals surface area contributed by atoms with Crippen LogP contribution >= 0.6 is 35.7 Å². The van der Waals surface area contributed by atoms with Gasteiger partial charge in [-0.1, -0.05) is 42.2 Å². The van der Waals surface area contributed by atoms with Crippen molar-refractivity contribution in [1.29, 1.82) is 0 Å². The number of hydrogen-bond acceptors (Lipinski definition) is 6. The molecule has 0 saturated carbocycles. The normalized spacial score (nSPS) is 17.3. The number of hydrogen-bond donors (Lipinski definition) is 1. The molecule has 0 unspecified atom stereocenters. The van der Waals surface area contributed by atoms with Crippen LogP contribution in [0.25, 0.3) is 17.0 Å². The maximum atomic E-state index is 12.8. The Kier molecular flexibility index (Phi) is 5.95. The van der Waals surface area contributed by atoms with Crippen molar-refractivity contribution >= 4 is 68.9 Å². The quantitative estimate of drug-likeness (QED) is 0.582. The van der Waals surface area contributed by atoms with Crippen LogP contribution in [0.3, 0.4) is 0 Å². The number of benzene rings is 1. The summed E-state index contributed by atoms with van der Waals surface area (Å²) in [6.07, 6.45) is 5.70. The van der Waals surface area contributed by atoms with E-state index in [1.165, 1.54) is 4.90 Å². The lowest BCUT2D eigenvalue weighted by atomic mass is 10.1. The summed E-state index contributed by atoms with van der Waals surface area (Å²) >= 11 is 7.98. The summed E-state index contributed by atoms with van der Waals surface area (Å²) in [5, 5.41) is 10.4. The third-order valence-electron chi connectivity index (χ3n) is 3.99. The molecule has 0 aliphatic carbocycles. The molecule has 2 heterocycles. The molecule has 1 aromatic carbocycles. The van der Waals surface area contributed by atoms with Gasteiger partial charge in [0.15, 0.2) is 0 Å². The first-order chi connectivity index (χ1) is 12.5. The number of para-hydroxylation sites is 1. The molecule has 0 bridgehead atoms. The number of carbonyl (C=O) groups excluding carboxylic acids is 1. The average Bonchev–Trinajstić information content (AvgIpc) is 2.90. The van der Waals surface area contributed by atoms with Gasteiger partial charge in [0.25, 0.3) is 5.91 Å². The molecule has 1 fully saturated rings. The Bertz CT molecular complexity index is 908. The smallest absolute Gasteiger partial charge is 0.326 e. The topological polar surface area (TPSA) is 70.5 Å². The van der Waals surface area contributed by atoms with Gasteiger partial charge in [-0.2, -0.15) is 11.8 Å². The maximum absolute atomic E-state index is 12.8. The Morgan fingerprint density at radius 1 is 1.42 bits per heavy atom. The Labute approximate surface area is 164 Å². The van der Waals surface area contributed by atoms with Crippen LogP contribution in [0.2, 0.25) is 0 Å². The minimum atomic E-state index is -1.04. The number of amides is 1. The highest BCUT2D eigenvalue weighted by Gasteiger charge is 2.40. The number of nitrogens with zero attached hydrogens (tertiary/aromatic N) is 2. The largest absolute Gasteiger partial charge is 0.480 e. The Hall–Kier alpha value is -1.90. The highest BCUT2D eigenvalue weighted by Crippen LogP contribution is 2.35. The van der Waals surface area contributed by atoms with Gasteiger partial charge in [0.1, 0.15) is 10.4 Å². The van der Waals surface area contributed by atoms with E-state index in [2.05, 4.69) is 4.98 Å². The standard InChI is InChI=1S/C18H16N2O3S3/c1-25-9-7-14(17(22)23)20-16(21)15(26-18(20)24)10-11-6-8-19-13-5-3-2-4-12(11)13/h2-6,8,10,14H,7,9H2,1H3,(H,22,23)/b15-10-/t14-/m1/s1. The van der Waals surface area contributed by atoms with Crippen LogP contribution in [0, 0.1) is 0 Å². The van der Waals surface area contributed by atoms with Crippen LogP contribution in [0.1, 0.15) is 12.0 Å². The van der Waals surface area contributed by atoms with Gasteiger partial charge in [-0.25, -0.2) is 4.79 Å². The molecule has 26 heavy (non-hydrogen) atoms. The highest BCUT2D eigenvalue weighted by molar-refractivity contribution is 8.26. The number of thiocarbonyl (C=S) groups is 1. The molecule has 1 aliphatic heterocycles. The SMILES string of the molecule is CSCC[C@H](C(=O)O)N1C(=O)/C(=C/c2ccnc3ccccc23)SC1=S. The van der Waals surface area contributed by atoms with E-state index in [-0.39, 0.29) is 10.2 Å². The number of fused-ring (bicyclic) bond motifs is 1. The first kappa shape index (κ1) is 18.9. The second-order valence-electron chi connectivity index (χ2n) is 5.60. The number of rotatable bonds is 6. The third-order valence-corrected chi connectivity index (χ3v) is 5.96. The number of carboxylic acids is 1. The molecule has 8 heteroatoms. The number of carboxylic acid groups (broad SMARTS) is 1. The van der Waals surface area contributed by atoms with Crippen LogP contribution in [0.15, 0.2) is 41.4 Å². The summed E-state index contributed by atoms with van der Waals surface area (Å²) < 4.78 is 0.285. The molecule has 1 N–H and O–H groups in total. The van der Waals surface area contributed by atoms with E-state index < -0.39 is 12.0 Å². The number of thioether (sulfide) groups is 2. The van der Waals surface area contributed by atoms with Gasteiger partial charge in [0.2, 0.25) is 0 Å². The zero-order valence-corrected chi connectivity index (χ0v) is 16.4. The fraction of sp³-hybridized carbons (Fsp3) is 0.222. The molecule has 0 spiro atoms. The zero-order chi connectivity index (χ0) is 18.7. The van der Waals surface area contributed by atoms with Crippen molar-refractivity contribution in [3.8, 4) is 0 Å². The average molecular weight is 405 g/mol. The number of aromatic nitrogens is 1. The predicted octanol–water partition coefficient (Wildman–Crippen LogP) is 3.64. The zero-order valence-electron chi connectivity index (χ0n) is 13.9. The van der Waals surface area contributed by atoms with Crippen LogP contribution in [0.4, 0.5) is 0 Å². The summed E-state index contributed by atoms with van der Waals surface area (Å²) in [7, 11) is 0.